The van der Waals surface area contributed by atoms with E-state index in [1.54, 1.807) is 0 Å². The molecule has 6 nitrogen and oxygen atoms in total. The van der Waals surface area contributed by atoms with Gasteiger partial charge in [0, 0.05) is 37.1 Å². The molecule has 3 rings (SSSR count). The molecular weight excluding hydrogens is 460 g/mol. The molecule has 0 bridgehead atoms. The Bertz CT molecular complexity index is 941. The molecule has 1 amide bonds. The molecule has 1 aliphatic heterocycles. The standard InChI is InChI=1S/C25H32N2O.C2H6N2.C2H4O.C2H6/c1-5-7-8-9-25(28)26-22-13-10-19(11-14-22)20-12-15-24-21(17-20)16-18(3)23(6-2)27(24)4;1-2-4-3;1-2-3;1-2/h5,10-15,17-18,23H,1,6-9,16H2,2-4H3,(H,26,28);2,4H,1,3H2;2H,1H3;1-2H3. The second kappa shape index (κ2) is 19.8. The maximum absolute atomic E-state index is 12.0. The highest BCUT2D eigenvalue weighted by molar-refractivity contribution is 5.91. The van der Waals surface area contributed by atoms with Gasteiger partial charge in [0.25, 0.3) is 0 Å². The summed E-state index contributed by atoms with van der Waals surface area (Å²) in [7, 11) is 2.22. The number of amides is 1. The Balaban J connectivity index is 0.00000126. The van der Waals surface area contributed by atoms with E-state index < -0.39 is 0 Å². The van der Waals surface area contributed by atoms with Crippen LogP contribution in [-0.2, 0) is 16.0 Å². The minimum atomic E-state index is 0.0610. The lowest BCUT2D eigenvalue weighted by Crippen LogP contribution is -2.41. The lowest BCUT2D eigenvalue weighted by atomic mass is 9.85. The first kappa shape index (κ1) is 33.6. The first-order valence-electron chi connectivity index (χ1n) is 13.2. The van der Waals surface area contributed by atoms with E-state index in [0.29, 0.717) is 18.4 Å². The average molecular weight is 509 g/mol. The molecule has 0 aromatic heterocycles. The van der Waals surface area contributed by atoms with Crippen LogP contribution in [0.3, 0.4) is 0 Å². The summed E-state index contributed by atoms with van der Waals surface area (Å²) in [5, 5.41) is 2.97. The number of nitrogens with one attached hydrogen (secondary N) is 2. The number of fused-ring (bicyclic) bond motifs is 1. The number of unbranched alkanes of at least 4 members (excludes halogenated alkanes) is 1. The Hall–Kier alpha value is -3.38. The smallest absolute Gasteiger partial charge is 0.224 e. The number of allylic oxidation sites excluding steroid dienone is 1. The topological polar surface area (TPSA) is 87.5 Å². The number of hydrogen-bond acceptors (Lipinski definition) is 5. The Labute approximate surface area is 225 Å². The van der Waals surface area contributed by atoms with Crippen LogP contribution in [0.5, 0.6) is 0 Å². The van der Waals surface area contributed by atoms with E-state index in [4.69, 9.17) is 4.79 Å². The average Bonchev–Trinajstić information content (AvgIpc) is 2.91. The first-order valence-corrected chi connectivity index (χ1v) is 13.2. The van der Waals surface area contributed by atoms with Crippen LogP contribution in [0.2, 0.25) is 0 Å². The van der Waals surface area contributed by atoms with Crippen LogP contribution in [-0.4, -0.2) is 25.3 Å². The third-order valence-corrected chi connectivity index (χ3v) is 6.01. The second-order valence-electron chi connectivity index (χ2n) is 8.52. The molecule has 0 saturated carbocycles. The van der Waals surface area contributed by atoms with Crippen LogP contribution in [0.4, 0.5) is 11.4 Å². The Kier molecular flexibility index (Phi) is 18.0. The summed E-state index contributed by atoms with van der Waals surface area (Å²) in [6, 6.07) is 15.6. The zero-order chi connectivity index (χ0) is 28.2. The quantitative estimate of drug-likeness (QED) is 0.119. The summed E-state index contributed by atoms with van der Waals surface area (Å²) in [4.78, 5) is 23.2. The molecule has 2 atom stereocenters. The van der Waals surface area contributed by atoms with Gasteiger partial charge in [-0.2, -0.15) is 0 Å². The highest BCUT2D eigenvalue weighted by Crippen LogP contribution is 2.36. The van der Waals surface area contributed by atoms with Crippen LogP contribution in [0, 0.1) is 5.92 Å². The van der Waals surface area contributed by atoms with Gasteiger partial charge in [0.1, 0.15) is 6.29 Å². The Morgan fingerprint density at radius 3 is 2.22 bits per heavy atom. The fraction of sp³-hybridized carbons (Fsp3) is 0.419. The summed E-state index contributed by atoms with van der Waals surface area (Å²) in [5.41, 5.74) is 8.25. The molecule has 37 heavy (non-hydrogen) atoms. The molecule has 2 aromatic rings. The Morgan fingerprint density at radius 1 is 1.14 bits per heavy atom. The van der Waals surface area contributed by atoms with Crippen molar-refractivity contribution in [3.63, 3.8) is 0 Å². The number of nitrogens with two attached hydrogens (primary N) is 1. The molecule has 4 N–H and O–H groups in total. The van der Waals surface area contributed by atoms with Crippen LogP contribution in [0.15, 0.2) is 67.9 Å². The molecule has 0 saturated heterocycles. The summed E-state index contributed by atoms with van der Waals surface area (Å²) < 4.78 is 0. The van der Waals surface area contributed by atoms with Gasteiger partial charge in [-0.05, 0) is 79.5 Å². The highest BCUT2D eigenvalue weighted by Gasteiger charge is 2.28. The number of nitrogens with zero attached hydrogens (tertiary/aromatic N) is 1. The van der Waals surface area contributed by atoms with Crippen molar-refractivity contribution in [1.29, 1.82) is 0 Å². The highest BCUT2D eigenvalue weighted by atomic mass is 16.1. The number of aldehydes is 1. The molecule has 0 spiro atoms. The van der Waals surface area contributed by atoms with Crippen LogP contribution < -0.4 is 21.5 Å². The lowest BCUT2D eigenvalue weighted by molar-refractivity contribution is -0.116. The van der Waals surface area contributed by atoms with Crippen molar-refractivity contribution < 1.29 is 9.59 Å². The maximum atomic E-state index is 12.0. The zero-order valence-corrected chi connectivity index (χ0v) is 23.7. The van der Waals surface area contributed by atoms with Crippen molar-refractivity contribution in [3.05, 3.63) is 73.5 Å². The van der Waals surface area contributed by atoms with Gasteiger partial charge in [-0.3, -0.25) is 10.6 Å². The van der Waals surface area contributed by atoms with E-state index >= 15 is 0 Å². The molecule has 1 heterocycles. The van der Waals surface area contributed by atoms with Gasteiger partial charge < -0.3 is 20.4 Å². The fourth-order valence-corrected chi connectivity index (χ4v) is 4.37. The van der Waals surface area contributed by atoms with E-state index in [-0.39, 0.29) is 5.91 Å². The third kappa shape index (κ3) is 11.5. The molecule has 1 aliphatic rings. The first-order chi connectivity index (χ1) is 17.9. The van der Waals surface area contributed by atoms with Gasteiger partial charge >= 0.3 is 0 Å². The molecule has 0 aliphatic carbocycles. The SMILES string of the molecule is C=CCCCC(=O)Nc1ccc(-c2ccc3c(c2)CC(C)C(CC)N3C)cc1.C=CNN.CC.CC=O. The predicted molar refractivity (Wildman–Crippen MR) is 161 cm³/mol. The van der Waals surface area contributed by atoms with E-state index in [2.05, 4.69) is 85.9 Å². The second-order valence-corrected chi connectivity index (χ2v) is 8.52. The normalized spacial score (nSPS) is 15.1. The van der Waals surface area contributed by atoms with Crippen LogP contribution in [0.25, 0.3) is 11.1 Å². The van der Waals surface area contributed by atoms with Crippen molar-refractivity contribution in [2.24, 2.45) is 11.8 Å². The summed E-state index contributed by atoms with van der Waals surface area (Å²) in [6.45, 7) is 17.0. The summed E-state index contributed by atoms with van der Waals surface area (Å²) >= 11 is 0. The number of benzene rings is 2. The number of hydrazine groups is 1. The number of carbonyl (C=O) groups is 2. The molecule has 2 aromatic carbocycles. The number of hydrogen-bond donors (Lipinski definition) is 3. The molecule has 2 unspecified atom stereocenters. The minimum Gasteiger partial charge on any atom is -0.371 e. The van der Waals surface area contributed by atoms with Gasteiger partial charge in [-0.25, -0.2) is 0 Å². The summed E-state index contributed by atoms with van der Waals surface area (Å²) in [5.74, 6) is 5.38. The van der Waals surface area contributed by atoms with Gasteiger partial charge in [0.15, 0.2) is 0 Å². The molecule has 0 fully saturated rings. The van der Waals surface area contributed by atoms with Crippen molar-refractivity contribution in [3.8, 4) is 11.1 Å². The van der Waals surface area contributed by atoms with Gasteiger partial charge in [0.05, 0.1) is 0 Å². The third-order valence-electron chi connectivity index (χ3n) is 6.01. The van der Waals surface area contributed by atoms with Crippen molar-refractivity contribution >= 4 is 23.6 Å². The fourth-order valence-electron chi connectivity index (χ4n) is 4.37. The molecule has 6 heteroatoms. The molecular formula is C31H48N4O2. The summed E-state index contributed by atoms with van der Waals surface area (Å²) in [6.07, 6.45) is 8.56. The monoisotopic (exact) mass is 508 g/mol. The van der Waals surface area contributed by atoms with Crippen molar-refractivity contribution in [2.45, 2.75) is 72.8 Å². The maximum Gasteiger partial charge on any atom is 0.224 e. The number of carbonyl (C=O) groups excluding carboxylic acids is 2. The van der Waals surface area contributed by atoms with Gasteiger partial charge in [-0.1, -0.05) is 58.5 Å². The van der Waals surface area contributed by atoms with Crippen LogP contribution >= 0.6 is 0 Å². The number of anilines is 2. The predicted octanol–water partition coefficient (Wildman–Crippen LogP) is 6.88. The molecule has 204 valence electrons. The van der Waals surface area contributed by atoms with E-state index in [1.807, 2.05) is 32.1 Å². The zero-order valence-electron chi connectivity index (χ0n) is 23.7. The van der Waals surface area contributed by atoms with Crippen LogP contribution in [0.1, 0.15) is 65.9 Å². The van der Waals surface area contributed by atoms with Gasteiger partial charge in [0.2, 0.25) is 5.91 Å². The van der Waals surface area contributed by atoms with Crippen molar-refractivity contribution in [2.75, 3.05) is 17.3 Å². The van der Waals surface area contributed by atoms with Gasteiger partial charge in [-0.15, -0.1) is 6.58 Å². The Morgan fingerprint density at radius 2 is 1.70 bits per heavy atom. The lowest BCUT2D eigenvalue weighted by Gasteiger charge is -2.40. The number of rotatable bonds is 8. The van der Waals surface area contributed by atoms with E-state index in [9.17, 15) is 4.79 Å². The molecule has 0 radical (unpaired) electrons. The minimum absolute atomic E-state index is 0.0610. The largest absolute Gasteiger partial charge is 0.371 e. The van der Waals surface area contributed by atoms with E-state index in [1.165, 1.54) is 41.9 Å². The van der Waals surface area contributed by atoms with E-state index in [0.717, 1.165) is 31.2 Å². The van der Waals surface area contributed by atoms with Crippen molar-refractivity contribution in [1.82, 2.24) is 5.43 Å².